The van der Waals surface area contributed by atoms with E-state index in [1.807, 2.05) is 12.1 Å². The summed E-state index contributed by atoms with van der Waals surface area (Å²) in [5.41, 5.74) is 3.46. The quantitative estimate of drug-likeness (QED) is 0.355. The minimum atomic E-state index is -0.385. The van der Waals surface area contributed by atoms with Gasteiger partial charge in [0.2, 0.25) is 5.91 Å². The van der Waals surface area contributed by atoms with Crippen LogP contribution in [0.15, 0.2) is 83.7 Å². The van der Waals surface area contributed by atoms with Crippen LogP contribution >= 0.6 is 0 Å². The summed E-state index contributed by atoms with van der Waals surface area (Å²) in [6.07, 6.45) is 2.94. The number of nitrogens with one attached hydrogen (secondary N) is 1. The molecule has 1 aliphatic rings. The van der Waals surface area contributed by atoms with E-state index in [-0.39, 0.29) is 42.4 Å². The van der Waals surface area contributed by atoms with Gasteiger partial charge in [0.05, 0.1) is 12.2 Å². The summed E-state index contributed by atoms with van der Waals surface area (Å²) in [5.74, 6) is -0.402. The Morgan fingerprint density at radius 2 is 1.89 bits per heavy atom. The average Bonchev–Trinajstić information content (AvgIpc) is 3.66. The molecule has 0 atom stereocenters. The first-order chi connectivity index (χ1) is 18.5. The maximum absolute atomic E-state index is 14.3. The standard InChI is InChI=1S/C27H20FN7O3/c28-20-8-4-2-6-18(20)15-35-23(21-10-12-38-33-21)13-22(32-35)26-29-11-9-24(31-26)30-25(36)16-34-14-17-5-1-3-7-19(17)27(34)37/h1-13H,14-16H2,(H,29,30,31,36). The number of aromatic nitrogens is 5. The molecular weight excluding hydrogens is 489 g/mol. The first kappa shape index (κ1) is 23.2. The summed E-state index contributed by atoms with van der Waals surface area (Å²) in [4.78, 5) is 35.5. The fourth-order valence-corrected chi connectivity index (χ4v) is 4.34. The first-order valence-electron chi connectivity index (χ1n) is 11.8. The Bertz CT molecular complexity index is 1650. The summed E-state index contributed by atoms with van der Waals surface area (Å²) in [6.45, 7) is 0.416. The highest BCUT2D eigenvalue weighted by Gasteiger charge is 2.28. The van der Waals surface area contributed by atoms with Crippen LogP contribution in [-0.4, -0.2) is 48.2 Å². The second-order valence-corrected chi connectivity index (χ2v) is 8.68. The van der Waals surface area contributed by atoms with Gasteiger partial charge in [-0.15, -0.1) is 0 Å². The lowest BCUT2D eigenvalue weighted by Crippen LogP contribution is -2.33. The van der Waals surface area contributed by atoms with Crippen molar-refractivity contribution in [1.29, 1.82) is 0 Å². The van der Waals surface area contributed by atoms with Crippen molar-refractivity contribution in [2.45, 2.75) is 13.1 Å². The molecule has 38 heavy (non-hydrogen) atoms. The molecule has 3 aromatic heterocycles. The molecule has 11 heteroatoms. The van der Waals surface area contributed by atoms with Gasteiger partial charge in [-0.3, -0.25) is 14.3 Å². The fraction of sp³-hybridized carbons (Fsp3) is 0.111. The van der Waals surface area contributed by atoms with E-state index in [0.717, 1.165) is 5.56 Å². The Hall–Kier alpha value is -5.19. The highest BCUT2D eigenvalue weighted by Crippen LogP contribution is 2.26. The molecule has 10 nitrogen and oxygen atoms in total. The van der Waals surface area contributed by atoms with Crippen molar-refractivity contribution in [3.05, 3.63) is 102 Å². The lowest BCUT2D eigenvalue weighted by molar-refractivity contribution is -0.116. The largest absolute Gasteiger partial charge is 0.364 e. The Morgan fingerprint density at radius 3 is 2.71 bits per heavy atom. The molecule has 2 aromatic carbocycles. The molecule has 0 spiro atoms. The van der Waals surface area contributed by atoms with Gasteiger partial charge in [-0.1, -0.05) is 41.6 Å². The summed E-state index contributed by atoms with van der Waals surface area (Å²) >= 11 is 0. The van der Waals surface area contributed by atoms with Crippen molar-refractivity contribution in [3.8, 4) is 22.9 Å². The van der Waals surface area contributed by atoms with E-state index < -0.39 is 0 Å². The molecule has 0 saturated carbocycles. The molecule has 1 N–H and O–H groups in total. The summed E-state index contributed by atoms with van der Waals surface area (Å²) in [7, 11) is 0. The van der Waals surface area contributed by atoms with E-state index in [1.54, 1.807) is 53.2 Å². The van der Waals surface area contributed by atoms with Gasteiger partial charge in [0.25, 0.3) is 5.91 Å². The molecule has 0 bridgehead atoms. The molecule has 5 aromatic rings. The molecule has 0 radical (unpaired) electrons. The Balaban J connectivity index is 1.22. The maximum atomic E-state index is 14.3. The molecule has 0 saturated heterocycles. The van der Waals surface area contributed by atoms with Crippen LogP contribution in [0.2, 0.25) is 0 Å². The average molecular weight is 510 g/mol. The first-order valence-corrected chi connectivity index (χ1v) is 11.8. The summed E-state index contributed by atoms with van der Waals surface area (Å²) in [5, 5.41) is 11.3. The molecule has 2 amide bonds. The SMILES string of the molecule is O=C(CN1Cc2ccccc2C1=O)Nc1ccnc(-c2cc(-c3ccon3)n(Cc3ccccc3F)n2)n1. The highest BCUT2D eigenvalue weighted by molar-refractivity contribution is 6.01. The Kier molecular flexibility index (Phi) is 5.92. The zero-order valence-corrected chi connectivity index (χ0v) is 19.9. The van der Waals surface area contributed by atoms with E-state index >= 15 is 0 Å². The monoisotopic (exact) mass is 509 g/mol. The minimum Gasteiger partial charge on any atom is -0.364 e. The number of anilines is 1. The molecule has 188 valence electrons. The van der Waals surface area contributed by atoms with Gasteiger partial charge in [-0.05, 0) is 29.8 Å². The van der Waals surface area contributed by atoms with E-state index in [9.17, 15) is 14.0 Å². The van der Waals surface area contributed by atoms with Crippen LogP contribution in [-0.2, 0) is 17.9 Å². The maximum Gasteiger partial charge on any atom is 0.254 e. The third-order valence-corrected chi connectivity index (χ3v) is 6.14. The topological polar surface area (TPSA) is 119 Å². The number of rotatable bonds is 7. The van der Waals surface area contributed by atoms with Crippen molar-refractivity contribution in [3.63, 3.8) is 0 Å². The number of hydrogen-bond acceptors (Lipinski definition) is 7. The van der Waals surface area contributed by atoms with Gasteiger partial charge in [-0.2, -0.15) is 5.10 Å². The second kappa shape index (κ2) is 9.69. The molecule has 0 unspecified atom stereocenters. The molecule has 4 heterocycles. The Morgan fingerprint density at radius 1 is 1.05 bits per heavy atom. The van der Waals surface area contributed by atoms with Crippen LogP contribution < -0.4 is 5.32 Å². The summed E-state index contributed by atoms with van der Waals surface area (Å²) in [6, 6.07) is 18.7. The van der Waals surface area contributed by atoms with Crippen molar-refractivity contribution in [2.75, 3.05) is 11.9 Å². The summed E-state index contributed by atoms with van der Waals surface area (Å²) < 4.78 is 20.9. The van der Waals surface area contributed by atoms with E-state index in [0.29, 0.717) is 34.8 Å². The number of fused-ring (bicyclic) bond motifs is 1. The predicted molar refractivity (Wildman–Crippen MR) is 134 cm³/mol. The van der Waals surface area contributed by atoms with E-state index in [1.165, 1.54) is 23.4 Å². The van der Waals surface area contributed by atoms with Crippen molar-refractivity contribution in [2.24, 2.45) is 0 Å². The van der Waals surface area contributed by atoms with Gasteiger partial charge in [0.1, 0.15) is 35.8 Å². The normalized spacial score (nSPS) is 12.6. The molecule has 1 aliphatic heterocycles. The van der Waals surface area contributed by atoms with Crippen LogP contribution in [0.1, 0.15) is 21.5 Å². The molecule has 6 rings (SSSR count). The Labute approximate surface area is 215 Å². The molecule has 0 aliphatic carbocycles. The lowest BCUT2D eigenvalue weighted by atomic mass is 10.1. The molecule has 0 fully saturated rings. The predicted octanol–water partition coefficient (Wildman–Crippen LogP) is 3.78. The fourth-order valence-electron chi connectivity index (χ4n) is 4.34. The smallest absolute Gasteiger partial charge is 0.254 e. The molecular formula is C27H20FN7O3. The number of hydrogen-bond donors (Lipinski definition) is 1. The third-order valence-electron chi connectivity index (χ3n) is 6.14. The number of benzene rings is 2. The van der Waals surface area contributed by atoms with Crippen molar-refractivity contribution in [1.82, 2.24) is 29.8 Å². The van der Waals surface area contributed by atoms with Crippen molar-refractivity contribution < 1.29 is 18.5 Å². The highest BCUT2D eigenvalue weighted by atomic mass is 19.1. The zero-order chi connectivity index (χ0) is 26.1. The van der Waals surface area contributed by atoms with Gasteiger partial charge >= 0.3 is 0 Å². The van der Waals surface area contributed by atoms with Crippen LogP contribution in [0.4, 0.5) is 10.2 Å². The number of carbonyl (C=O) groups is 2. The number of halogens is 1. The number of carbonyl (C=O) groups excluding carboxylic acids is 2. The second-order valence-electron chi connectivity index (χ2n) is 8.68. The minimum absolute atomic E-state index is 0.111. The van der Waals surface area contributed by atoms with Crippen molar-refractivity contribution >= 4 is 17.6 Å². The van der Waals surface area contributed by atoms with Crippen LogP contribution in [0.25, 0.3) is 22.9 Å². The zero-order valence-electron chi connectivity index (χ0n) is 19.9. The third kappa shape index (κ3) is 4.52. The van der Waals surface area contributed by atoms with Gasteiger partial charge in [0.15, 0.2) is 5.82 Å². The van der Waals surface area contributed by atoms with Gasteiger partial charge < -0.3 is 14.7 Å². The number of amides is 2. The number of nitrogens with zero attached hydrogens (tertiary/aromatic N) is 6. The van der Waals surface area contributed by atoms with Gasteiger partial charge in [0, 0.05) is 29.9 Å². The lowest BCUT2D eigenvalue weighted by Gasteiger charge is -2.15. The van der Waals surface area contributed by atoms with Gasteiger partial charge in [-0.25, -0.2) is 14.4 Å². The van der Waals surface area contributed by atoms with E-state index in [4.69, 9.17) is 4.52 Å². The van der Waals surface area contributed by atoms with Crippen LogP contribution in [0.3, 0.4) is 0 Å². The van der Waals surface area contributed by atoms with E-state index in [2.05, 4.69) is 25.5 Å². The van der Waals surface area contributed by atoms with Crippen LogP contribution in [0, 0.1) is 5.82 Å². The van der Waals surface area contributed by atoms with Crippen LogP contribution in [0.5, 0.6) is 0 Å².